The molecule has 1 aliphatic rings. The second kappa shape index (κ2) is 7.77. The summed E-state index contributed by atoms with van der Waals surface area (Å²) in [7, 11) is 0. The number of cyclic esters (lactones) is 1. The van der Waals surface area contributed by atoms with Gasteiger partial charge in [-0.2, -0.15) is 5.10 Å². The third-order valence-corrected chi connectivity index (χ3v) is 4.18. The van der Waals surface area contributed by atoms with Gasteiger partial charge in [-0.15, -0.1) is 0 Å². The maximum Gasteiger partial charge on any atom is 0.314 e. The molecule has 3 rings (SSSR count). The Hall–Kier alpha value is -2.62. The topological polar surface area (TPSA) is 41.9 Å². The minimum atomic E-state index is -0.211. The number of rotatable bonds is 6. The van der Waals surface area contributed by atoms with Gasteiger partial charge in [-0.05, 0) is 24.1 Å². The smallest absolute Gasteiger partial charge is 0.314 e. The number of esters is 1. The van der Waals surface area contributed by atoms with Crippen LogP contribution in [0.1, 0.15) is 25.3 Å². The van der Waals surface area contributed by atoms with Crippen molar-refractivity contribution < 1.29 is 9.53 Å². The molecule has 0 radical (unpaired) electrons. The van der Waals surface area contributed by atoms with Gasteiger partial charge in [0.25, 0.3) is 0 Å². The van der Waals surface area contributed by atoms with E-state index in [9.17, 15) is 4.79 Å². The normalized spacial score (nSPS) is 17.6. The SMILES string of the molecule is CC/C(=N/N(Cc1ccccc1)c1ccccc1)[C@@H]1CCOC1=O. The van der Waals surface area contributed by atoms with Gasteiger partial charge in [-0.25, -0.2) is 0 Å². The predicted molar refractivity (Wildman–Crippen MR) is 95.9 cm³/mol. The van der Waals surface area contributed by atoms with E-state index in [1.54, 1.807) is 0 Å². The maximum atomic E-state index is 11.9. The number of para-hydroxylation sites is 1. The summed E-state index contributed by atoms with van der Waals surface area (Å²) in [6.07, 6.45) is 1.46. The van der Waals surface area contributed by atoms with Crippen LogP contribution in [0.3, 0.4) is 0 Å². The van der Waals surface area contributed by atoms with Crippen LogP contribution in [-0.2, 0) is 16.1 Å². The third kappa shape index (κ3) is 3.82. The predicted octanol–water partition coefficient (Wildman–Crippen LogP) is 4.02. The van der Waals surface area contributed by atoms with Crippen molar-refractivity contribution in [2.75, 3.05) is 11.6 Å². The van der Waals surface area contributed by atoms with Crippen molar-refractivity contribution in [1.82, 2.24) is 0 Å². The first-order chi connectivity index (χ1) is 11.8. The molecule has 1 atom stereocenters. The minimum Gasteiger partial charge on any atom is -0.465 e. The summed E-state index contributed by atoms with van der Waals surface area (Å²) in [5, 5.41) is 6.81. The van der Waals surface area contributed by atoms with Crippen molar-refractivity contribution in [3.05, 3.63) is 66.2 Å². The average Bonchev–Trinajstić information content (AvgIpc) is 3.06. The molecule has 0 N–H and O–H groups in total. The third-order valence-electron chi connectivity index (χ3n) is 4.18. The Morgan fingerprint density at radius 1 is 1.12 bits per heavy atom. The maximum absolute atomic E-state index is 11.9. The second-order valence-corrected chi connectivity index (χ2v) is 5.83. The molecule has 124 valence electrons. The highest BCUT2D eigenvalue weighted by molar-refractivity contribution is 6.03. The van der Waals surface area contributed by atoms with Gasteiger partial charge < -0.3 is 4.74 Å². The second-order valence-electron chi connectivity index (χ2n) is 5.83. The molecule has 1 heterocycles. The molecule has 0 saturated carbocycles. The molecule has 1 fully saturated rings. The van der Waals surface area contributed by atoms with E-state index in [1.165, 1.54) is 5.56 Å². The number of anilines is 1. The average molecular weight is 322 g/mol. The molecule has 1 aliphatic heterocycles. The zero-order valence-electron chi connectivity index (χ0n) is 13.9. The van der Waals surface area contributed by atoms with Crippen LogP contribution in [0, 0.1) is 5.92 Å². The molecule has 0 amide bonds. The fourth-order valence-electron chi connectivity index (χ4n) is 2.88. The molecule has 0 spiro atoms. The number of benzene rings is 2. The number of carbonyl (C=O) groups excluding carboxylic acids is 1. The Bertz CT molecular complexity index is 698. The van der Waals surface area contributed by atoms with Crippen molar-refractivity contribution in [2.24, 2.45) is 11.0 Å². The fourth-order valence-corrected chi connectivity index (χ4v) is 2.88. The van der Waals surface area contributed by atoms with Crippen LogP contribution >= 0.6 is 0 Å². The number of carbonyl (C=O) groups is 1. The first-order valence-corrected chi connectivity index (χ1v) is 8.38. The Kier molecular flexibility index (Phi) is 5.26. The Morgan fingerprint density at radius 3 is 2.38 bits per heavy atom. The van der Waals surface area contributed by atoms with E-state index >= 15 is 0 Å². The minimum absolute atomic E-state index is 0.150. The highest BCUT2D eigenvalue weighted by atomic mass is 16.5. The van der Waals surface area contributed by atoms with Crippen LogP contribution in [0.15, 0.2) is 65.8 Å². The summed E-state index contributed by atoms with van der Waals surface area (Å²) >= 11 is 0. The summed E-state index contributed by atoms with van der Waals surface area (Å²) in [6, 6.07) is 20.3. The van der Waals surface area contributed by atoms with Crippen LogP contribution in [0.2, 0.25) is 0 Å². The van der Waals surface area contributed by atoms with E-state index in [2.05, 4.69) is 12.1 Å². The number of nitrogens with zero attached hydrogens (tertiary/aromatic N) is 2. The monoisotopic (exact) mass is 322 g/mol. The Balaban J connectivity index is 1.91. The molecule has 4 heteroatoms. The summed E-state index contributed by atoms with van der Waals surface area (Å²) in [5.41, 5.74) is 3.07. The van der Waals surface area contributed by atoms with Gasteiger partial charge in [0.2, 0.25) is 0 Å². The number of hydrazone groups is 1. The van der Waals surface area contributed by atoms with Gasteiger partial charge in [-0.3, -0.25) is 9.80 Å². The molecular weight excluding hydrogens is 300 g/mol. The quantitative estimate of drug-likeness (QED) is 0.458. The number of ether oxygens (including phenoxy) is 1. The highest BCUT2D eigenvalue weighted by Gasteiger charge is 2.31. The molecule has 4 nitrogen and oxygen atoms in total. The van der Waals surface area contributed by atoms with Crippen LogP contribution < -0.4 is 5.01 Å². The van der Waals surface area contributed by atoms with Crippen LogP contribution in [-0.4, -0.2) is 18.3 Å². The summed E-state index contributed by atoms with van der Waals surface area (Å²) < 4.78 is 5.12. The van der Waals surface area contributed by atoms with E-state index < -0.39 is 0 Å². The van der Waals surface area contributed by atoms with Crippen LogP contribution in [0.25, 0.3) is 0 Å². The van der Waals surface area contributed by atoms with Gasteiger partial charge in [-0.1, -0.05) is 55.5 Å². The van der Waals surface area contributed by atoms with Gasteiger partial charge in [0.05, 0.1) is 24.6 Å². The number of hydrogen-bond donors (Lipinski definition) is 0. The number of hydrogen-bond acceptors (Lipinski definition) is 4. The van der Waals surface area contributed by atoms with Crippen molar-refractivity contribution in [2.45, 2.75) is 26.3 Å². The van der Waals surface area contributed by atoms with Crippen molar-refractivity contribution in [3.63, 3.8) is 0 Å². The van der Waals surface area contributed by atoms with E-state index in [1.807, 2.05) is 60.5 Å². The molecule has 0 bridgehead atoms. The Morgan fingerprint density at radius 2 is 1.79 bits per heavy atom. The molecule has 0 unspecified atom stereocenters. The molecule has 24 heavy (non-hydrogen) atoms. The lowest BCUT2D eigenvalue weighted by Crippen LogP contribution is -2.25. The van der Waals surface area contributed by atoms with E-state index in [0.717, 1.165) is 24.2 Å². The van der Waals surface area contributed by atoms with Crippen molar-refractivity contribution in [3.8, 4) is 0 Å². The lowest BCUT2D eigenvalue weighted by atomic mass is 10.0. The van der Waals surface area contributed by atoms with E-state index in [0.29, 0.717) is 13.2 Å². The summed E-state index contributed by atoms with van der Waals surface area (Å²) in [4.78, 5) is 11.9. The molecule has 1 saturated heterocycles. The molecular formula is C20H22N2O2. The van der Waals surface area contributed by atoms with Crippen molar-refractivity contribution in [1.29, 1.82) is 0 Å². The summed E-state index contributed by atoms with van der Waals surface area (Å²) in [6.45, 7) is 3.19. The zero-order chi connectivity index (χ0) is 16.8. The largest absolute Gasteiger partial charge is 0.465 e. The fraction of sp³-hybridized carbons (Fsp3) is 0.300. The van der Waals surface area contributed by atoms with Crippen LogP contribution in [0.5, 0.6) is 0 Å². The lowest BCUT2D eigenvalue weighted by molar-refractivity contribution is -0.139. The van der Waals surface area contributed by atoms with Gasteiger partial charge in [0.15, 0.2) is 0 Å². The van der Waals surface area contributed by atoms with E-state index in [4.69, 9.17) is 9.84 Å². The zero-order valence-corrected chi connectivity index (χ0v) is 13.9. The highest BCUT2D eigenvalue weighted by Crippen LogP contribution is 2.22. The van der Waals surface area contributed by atoms with Gasteiger partial charge in [0, 0.05) is 6.42 Å². The molecule has 2 aromatic carbocycles. The molecule has 0 aromatic heterocycles. The Labute approximate surface area is 142 Å². The standard InChI is InChI=1S/C20H22N2O2/c1-2-19(18-13-14-24-20(18)23)21-22(17-11-7-4-8-12-17)15-16-9-5-3-6-10-16/h3-12,18H,2,13-15H2,1H3/b21-19-/t18-/m0/s1. The van der Waals surface area contributed by atoms with Crippen molar-refractivity contribution >= 4 is 17.4 Å². The van der Waals surface area contributed by atoms with Gasteiger partial charge >= 0.3 is 5.97 Å². The molecule has 0 aliphatic carbocycles. The molecule has 2 aromatic rings. The van der Waals surface area contributed by atoms with Crippen LogP contribution in [0.4, 0.5) is 5.69 Å². The summed E-state index contributed by atoms with van der Waals surface area (Å²) in [5.74, 6) is -0.361. The first-order valence-electron chi connectivity index (χ1n) is 8.38. The lowest BCUT2D eigenvalue weighted by Gasteiger charge is -2.22. The van der Waals surface area contributed by atoms with E-state index in [-0.39, 0.29) is 11.9 Å². The van der Waals surface area contributed by atoms with Gasteiger partial charge in [0.1, 0.15) is 5.92 Å². The first kappa shape index (κ1) is 16.2.